The summed E-state index contributed by atoms with van der Waals surface area (Å²) < 4.78 is 0. The fraction of sp³-hybridized carbons (Fsp3) is 0.360. The molecule has 0 radical (unpaired) electrons. The number of thiophene rings is 2. The van der Waals surface area contributed by atoms with Crippen molar-refractivity contribution in [3.63, 3.8) is 0 Å². The quantitative estimate of drug-likeness (QED) is 0.491. The van der Waals surface area contributed by atoms with E-state index in [1.54, 1.807) is 27.6 Å². The molecule has 0 bridgehead atoms. The van der Waals surface area contributed by atoms with Gasteiger partial charge in [-0.1, -0.05) is 49.2 Å². The Hall–Kier alpha value is -2.44. The van der Waals surface area contributed by atoms with Crippen molar-refractivity contribution in [3.05, 3.63) is 80.2 Å². The molecule has 0 spiro atoms. The Morgan fingerprint density at radius 3 is 2.32 bits per heavy atom. The van der Waals surface area contributed by atoms with Gasteiger partial charge in [0, 0.05) is 15.8 Å². The predicted molar refractivity (Wildman–Crippen MR) is 127 cm³/mol. The normalized spacial score (nSPS) is 15.0. The van der Waals surface area contributed by atoms with Gasteiger partial charge in [0.05, 0.1) is 13.0 Å². The van der Waals surface area contributed by atoms with E-state index in [0.29, 0.717) is 13.0 Å². The summed E-state index contributed by atoms with van der Waals surface area (Å²) in [6.07, 6.45) is 4.63. The molecule has 0 unspecified atom stereocenters. The van der Waals surface area contributed by atoms with Crippen molar-refractivity contribution in [1.29, 1.82) is 0 Å². The molecule has 1 atom stereocenters. The standard InChI is InChI=1S/C25H28N2O2S2/c1-18-8-2-5-13-22(18)24(25(29)26-19-9-3-4-10-19)27(17-21-12-7-15-31-21)23(28)16-20-11-6-14-30-20/h2,5-8,11-15,19,24H,3-4,9-10,16-17H2,1H3,(H,26,29)/t24-/m0/s1. The fourth-order valence-electron chi connectivity index (χ4n) is 4.25. The highest BCUT2D eigenvalue weighted by Crippen LogP contribution is 2.29. The highest BCUT2D eigenvalue weighted by Gasteiger charge is 2.34. The van der Waals surface area contributed by atoms with Crippen LogP contribution in [0, 0.1) is 6.92 Å². The van der Waals surface area contributed by atoms with Gasteiger partial charge in [-0.05, 0) is 53.8 Å². The fourth-order valence-corrected chi connectivity index (χ4v) is 5.65. The van der Waals surface area contributed by atoms with E-state index < -0.39 is 6.04 Å². The molecule has 0 aliphatic heterocycles. The third kappa shape index (κ3) is 5.43. The molecular formula is C25H28N2O2S2. The van der Waals surface area contributed by atoms with Crippen LogP contribution in [0.25, 0.3) is 0 Å². The van der Waals surface area contributed by atoms with E-state index in [1.807, 2.05) is 66.2 Å². The molecule has 1 N–H and O–H groups in total. The van der Waals surface area contributed by atoms with Crippen molar-refractivity contribution < 1.29 is 9.59 Å². The predicted octanol–water partition coefficient (Wildman–Crippen LogP) is 5.49. The Labute approximate surface area is 191 Å². The van der Waals surface area contributed by atoms with Crippen LogP contribution >= 0.6 is 22.7 Å². The molecule has 1 aromatic carbocycles. The Morgan fingerprint density at radius 2 is 1.68 bits per heavy atom. The van der Waals surface area contributed by atoms with Crippen molar-refractivity contribution in [3.8, 4) is 0 Å². The van der Waals surface area contributed by atoms with Crippen LogP contribution in [-0.4, -0.2) is 22.8 Å². The van der Waals surface area contributed by atoms with Crippen LogP contribution in [0.5, 0.6) is 0 Å². The van der Waals surface area contributed by atoms with Crippen LogP contribution in [-0.2, 0) is 22.6 Å². The highest BCUT2D eigenvalue weighted by atomic mass is 32.1. The van der Waals surface area contributed by atoms with Gasteiger partial charge >= 0.3 is 0 Å². The number of hydrogen-bond acceptors (Lipinski definition) is 4. The summed E-state index contributed by atoms with van der Waals surface area (Å²) in [5.74, 6) is -0.0945. The smallest absolute Gasteiger partial charge is 0.247 e. The zero-order chi connectivity index (χ0) is 21.6. The molecule has 2 amide bonds. The highest BCUT2D eigenvalue weighted by molar-refractivity contribution is 7.10. The largest absolute Gasteiger partial charge is 0.351 e. The van der Waals surface area contributed by atoms with Crippen LogP contribution in [0.4, 0.5) is 0 Å². The number of carbonyl (C=O) groups is 2. The van der Waals surface area contributed by atoms with Gasteiger partial charge in [0.1, 0.15) is 6.04 Å². The minimum absolute atomic E-state index is 0.0225. The monoisotopic (exact) mass is 452 g/mol. The molecule has 2 aromatic heterocycles. The van der Waals surface area contributed by atoms with E-state index in [0.717, 1.165) is 46.6 Å². The maximum Gasteiger partial charge on any atom is 0.247 e. The minimum atomic E-state index is -0.642. The van der Waals surface area contributed by atoms with Crippen molar-refractivity contribution >= 4 is 34.5 Å². The summed E-state index contributed by atoms with van der Waals surface area (Å²) in [4.78, 5) is 31.1. The van der Waals surface area contributed by atoms with Gasteiger partial charge in [0.15, 0.2) is 0 Å². The average Bonchev–Trinajstić information content (AvgIpc) is 3.53. The van der Waals surface area contributed by atoms with E-state index in [1.165, 1.54) is 0 Å². The first-order chi connectivity index (χ1) is 15.1. The van der Waals surface area contributed by atoms with Crippen molar-refractivity contribution in [2.45, 2.75) is 57.7 Å². The third-order valence-corrected chi connectivity index (χ3v) is 7.61. The zero-order valence-corrected chi connectivity index (χ0v) is 19.4. The number of hydrogen-bond donors (Lipinski definition) is 1. The first-order valence-corrected chi connectivity index (χ1v) is 12.6. The number of amides is 2. The molecule has 4 rings (SSSR count). The molecule has 1 aliphatic rings. The lowest BCUT2D eigenvalue weighted by Crippen LogP contribution is -2.46. The van der Waals surface area contributed by atoms with Crippen molar-refractivity contribution in [2.75, 3.05) is 0 Å². The van der Waals surface area contributed by atoms with Crippen molar-refractivity contribution in [1.82, 2.24) is 10.2 Å². The summed E-state index contributed by atoms with van der Waals surface area (Å²) in [6.45, 7) is 2.44. The average molecular weight is 453 g/mol. The van der Waals surface area contributed by atoms with Crippen LogP contribution in [0.2, 0.25) is 0 Å². The summed E-state index contributed by atoms with van der Waals surface area (Å²) in [5, 5.41) is 7.25. The van der Waals surface area contributed by atoms with Crippen LogP contribution < -0.4 is 5.32 Å². The lowest BCUT2D eigenvalue weighted by atomic mass is 9.98. The SMILES string of the molecule is Cc1ccccc1[C@@H](C(=O)NC1CCCC1)N(Cc1cccs1)C(=O)Cc1cccs1. The minimum Gasteiger partial charge on any atom is -0.351 e. The molecular weight excluding hydrogens is 424 g/mol. The van der Waals surface area contributed by atoms with Gasteiger partial charge in [-0.25, -0.2) is 0 Å². The molecule has 31 heavy (non-hydrogen) atoms. The molecule has 162 valence electrons. The van der Waals surface area contributed by atoms with Crippen LogP contribution in [0.1, 0.15) is 52.6 Å². The third-order valence-electron chi connectivity index (χ3n) is 5.88. The lowest BCUT2D eigenvalue weighted by molar-refractivity contribution is -0.141. The molecule has 0 saturated heterocycles. The lowest BCUT2D eigenvalue weighted by Gasteiger charge is -2.33. The second-order valence-corrected chi connectivity index (χ2v) is 10.2. The van der Waals surface area contributed by atoms with Gasteiger partial charge in [-0.15, -0.1) is 22.7 Å². The van der Waals surface area contributed by atoms with E-state index in [9.17, 15) is 9.59 Å². The topological polar surface area (TPSA) is 49.4 Å². The Balaban J connectivity index is 1.69. The molecule has 2 heterocycles. The number of nitrogens with one attached hydrogen (secondary N) is 1. The van der Waals surface area contributed by atoms with Gasteiger partial charge in [-0.2, -0.15) is 0 Å². The zero-order valence-electron chi connectivity index (χ0n) is 17.8. The summed E-state index contributed by atoms with van der Waals surface area (Å²) in [6, 6.07) is 15.4. The van der Waals surface area contributed by atoms with Gasteiger partial charge in [0.2, 0.25) is 11.8 Å². The maximum absolute atomic E-state index is 13.6. The summed E-state index contributed by atoms with van der Waals surface area (Å²) in [7, 11) is 0. The van der Waals surface area contributed by atoms with E-state index in [2.05, 4.69) is 5.32 Å². The molecule has 1 saturated carbocycles. The van der Waals surface area contributed by atoms with Gasteiger partial charge in [-0.3, -0.25) is 9.59 Å². The van der Waals surface area contributed by atoms with E-state index in [4.69, 9.17) is 0 Å². The van der Waals surface area contributed by atoms with E-state index in [-0.39, 0.29) is 17.9 Å². The Bertz CT molecular complexity index is 992. The maximum atomic E-state index is 13.6. The molecule has 1 aliphatic carbocycles. The number of rotatable bonds is 8. The van der Waals surface area contributed by atoms with Gasteiger partial charge < -0.3 is 10.2 Å². The van der Waals surface area contributed by atoms with E-state index >= 15 is 0 Å². The molecule has 3 aromatic rings. The van der Waals surface area contributed by atoms with Crippen molar-refractivity contribution in [2.24, 2.45) is 0 Å². The second-order valence-electron chi connectivity index (χ2n) is 8.11. The number of carbonyl (C=O) groups excluding carboxylic acids is 2. The van der Waals surface area contributed by atoms with Gasteiger partial charge in [0.25, 0.3) is 0 Å². The number of aryl methyl sites for hydroxylation is 1. The first-order valence-electron chi connectivity index (χ1n) is 10.8. The Kier molecular flexibility index (Phi) is 7.20. The first kappa shape index (κ1) is 21.8. The summed E-state index contributed by atoms with van der Waals surface area (Å²) >= 11 is 3.19. The van der Waals surface area contributed by atoms with Crippen LogP contribution in [0.3, 0.4) is 0 Å². The second kappa shape index (κ2) is 10.2. The number of nitrogens with zero attached hydrogens (tertiary/aromatic N) is 1. The Morgan fingerprint density at radius 1 is 1.00 bits per heavy atom. The molecule has 6 heteroatoms. The van der Waals surface area contributed by atoms with Crippen LogP contribution in [0.15, 0.2) is 59.3 Å². The number of benzene rings is 1. The molecule has 4 nitrogen and oxygen atoms in total. The molecule has 1 fully saturated rings. The summed E-state index contributed by atoms with van der Waals surface area (Å²) in [5.41, 5.74) is 1.92.